The third-order valence-electron chi connectivity index (χ3n) is 4.43. The quantitative estimate of drug-likeness (QED) is 0.734. The Labute approximate surface area is 107 Å². The van der Waals surface area contributed by atoms with Crippen molar-refractivity contribution in [1.29, 1.82) is 0 Å². The number of allylic oxidation sites excluding steroid dienone is 2. The van der Waals surface area contributed by atoms with Gasteiger partial charge in [0, 0.05) is 6.54 Å². The fourth-order valence-corrected chi connectivity index (χ4v) is 2.61. The summed E-state index contributed by atoms with van der Waals surface area (Å²) < 4.78 is 0. The Morgan fingerprint density at radius 3 is 2.39 bits per heavy atom. The Morgan fingerprint density at radius 1 is 1.28 bits per heavy atom. The van der Waals surface area contributed by atoms with Gasteiger partial charge in [0.2, 0.25) is 5.91 Å². The Morgan fingerprint density at radius 2 is 1.89 bits per heavy atom. The van der Waals surface area contributed by atoms with Crippen molar-refractivity contribution in [3.05, 3.63) is 12.2 Å². The molecule has 2 aliphatic rings. The predicted octanol–water partition coefficient (Wildman–Crippen LogP) is 1.96. The maximum atomic E-state index is 12.1. The zero-order valence-corrected chi connectivity index (χ0v) is 10.8. The summed E-state index contributed by atoms with van der Waals surface area (Å²) in [6, 6.07) is 0. The lowest BCUT2D eigenvalue weighted by Gasteiger charge is -2.25. The van der Waals surface area contributed by atoms with Crippen molar-refractivity contribution >= 4 is 11.9 Å². The second-order valence-corrected chi connectivity index (χ2v) is 5.57. The molecule has 0 heterocycles. The van der Waals surface area contributed by atoms with Gasteiger partial charge in [-0.25, -0.2) is 0 Å². The molecule has 0 aromatic rings. The van der Waals surface area contributed by atoms with Gasteiger partial charge in [-0.2, -0.15) is 0 Å². The smallest absolute Gasteiger partial charge is 0.307 e. The maximum Gasteiger partial charge on any atom is 0.307 e. The van der Waals surface area contributed by atoms with Crippen molar-refractivity contribution in [3.63, 3.8) is 0 Å². The second-order valence-electron chi connectivity index (χ2n) is 5.57. The molecule has 4 heteroatoms. The Hall–Kier alpha value is -1.32. The molecule has 0 unspecified atom stereocenters. The number of carbonyl (C=O) groups excluding carboxylic acids is 1. The fourth-order valence-electron chi connectivity index (χ4n) is 2.61. The van der Waals surface area contributed by atoms with Crippen molar-refractivity contribution in [3.8, 4) is 0 Å². The number of hydrogen-bond acceptors (Lipinski definition) is 2. The van der Waals surface area contributed by atoms with Crippen LogP contribution in [0.4, 0.5) is 0 Å². The minimum Gasteiger partial charge on any atom is -0.481 e. The summed E-state index contributed by atoms with van der Waals surface area (Å²) in [6.07, 6.45) is 8.22. The molecule has 100 valence electrons. The van der Waals surface area contributed by atoms with E-state index in [1.807, 2.05) is 12.2 Å². The molecule has 18 heavy (non-hydrogen) atoms. The van der Waals surface area contributed by atoms with Crippen LogP contribution in [0.1, 0.15) is 39.0 Å². The van der Waals surface area contributed by atoms with Crippen LogP contribution < -0.4 is 5.32 Å². The first-order valence-electron chi connectivity index (χ1n) is 6.73. The molecule has 0 saturated heterocycles. The van der Waals surface area contributed by atoms with Gasteiger partial charge in [-0.05, 0) is 37.5 Å². The van der Waals surface area contributed by atoms with Gasteiger partial charge in [-0.1, -0.05) is 19.1 Å². The molecule has 0 aliphatic heterocycles. The largest absolute Gasteiger partial charge is 0.481 e. The molecule has 0 aromatic carbocycles. The molecule has 0 bridgehead atoms. The number of aliphatic carboxylic acids is 1. The van der Waals surface area contributed by atoms with E-state index in [2.05, 4.69) is 12.2 Å². The first-order chi connectivity index (χ1) is 8.58. The van der Waals surface area contributed by atoms with Gasteiger partial charge in [0.05, 0.1) is 11.8 Å². The number of rotatable bonds is 5. The number of carboxylic acids is 1. The van der Waals surface area contributed by atoms with Crippen LogP contribution in [0.2, 0.25) is 0 Å². The summed E-state index contributed by atoms with van der Waals surface area (Å²) in [4.78, 5) is 23.2. The van der Waals surface area contributed by atoms with Gasteiger partial charge < -0.3 is 10.4 Å². The molecular formula is C14H21NO3. The summed E-state index contributed by atoms with van der Waals surface area (Å²) in [7, 11) is 0. The monoisotopic (exact) mass is 251 g/mol. The molecule has 1 amide bonds. The molecule has 1 fully saturated rings. The lowest BCUT2D eigenvalue weighted by atomic mass is 9.82. The molecule has 0 spiro atoms. The molecular weight excluding hydrogens is 230 g/mol. The van der Waals surface area contributed by atoms with Crippen molar-refractivity contribution in [1.82, 2.24) is 5.32 Å². The van der Waals surface area contributed by atoms with E-state index in [-0.39, 0.29) is 5.91 Å². The number of amides is 1. The van der Waals surface area contributed by atoms with Gasteiger partial charge in [-0.3, -0.25) is 9.59 Å². The fraction of sp³-hybridized carbons (Fsp3) is 0.714. The summed E-state index contributed by atoms with van der Waals surface area (Å²) in [5.74, 6) is -1.92. The van der Waals surface area contributed by atoms with Gasteiger partial charge >= 0.3 is 5.97 Å². The van der Waals surface area contributed by atoms with Crippen LogP contribution in [0.15, 0.2) is 12.2 Å². The highest BCUT2D eigenvalue weighted by atomic mass is 16.4. The van der Waals surface area contributed by atoms with Crippen molar-refractivity contribution in [2.24, 2.45) is 17.3 Å². The molecule has 0 aromatic heterocycles. The van der Waals surface area contributed by atoms with E-state index in [1.165, 1.54) is 12.8 Å². The van der Waals surface area contributed by atoms with Crippen LogP contribution in [0.3, 0.4) is 0 Å². The topological polar surface area (TPSA) is 66.4 Å². The Balaban J connectivity index is 1.91. The molecule has 4 nitrogen and oxygen atoms in total. The second kappa shape index (κ2) is 5.12. The van der Waals surface area contributed by atoms with Crippen molar-refractivity contribution in [2.45, 2.75) is 39.0 Å². The van der Waals surface area contributed by atoms with E-state index in [0.717, 1.165) is 6.42 Å². The average molecular weight is 251 g/mol. The van der Waals surface area contributed by atoms with Crippen molar-refractivity contribution in [2.75, 3.05) is 6.54 Å². The molecule has 2 N–H and O–H groups in total. The number of carboxylic acid groups (broad SMARTS) is 1. The summed E-state index contributed by atoms with van der Waals surface area (Å²) in [5.41, 5.74) is 0.304. The van der Waals surface area contributed by atoms with Crippen molar-refractivity contribution < 1.29 is 14.7 Å². The highest BCUT2D eigenvalue weighted by Gasteiger charge is 2.42. The van der Waals surface area contributed by atoms with E-state index in [9.17, 15) is 9.59 Å². The van der Waals surface area contributed by atoms with Gasteiger partial charge in [-0.15, -0.1) is 0 Å². The van der Waals surface area contributed by atoms with Crippen LogP contribution in [0.5, 0.6) is 0 Å². The van der Waals surface area contributed by atoms with Gasteiger partial charge in [0.1, 0.15) is 0 Å². The Bertz CT molecular complexity index is 371. The third-order valence-corrected chi connectivity index (χ3v) is 4.43. The van der Waals surface area contributed by atoms with Gasteiger partial charge in [0.25, 0.3) is 0 Å². The normalized spacial score (nSPS) is 28.7. The minimum absolute atomic E-state index is 0.0912. The minimum atomic E-state index is -0.865. The zero-order valence-electron chi connectivity index (χ0n) is 10.8. The van der Waals surface area contributed by atoms with E-state index in [0.29, 0.717) is 24.8 Å². The van der Waals surface area contributed by atoms with Crippen LogP contribution >= 0.6 is 0 Å². The maximum absolute atomic E-state index is 12.1. The highest BCUT2D eigenvalue weighted by Crippen LogP contribution is 2.47. The van der Waals surface area contributed by atoms with E-state index < -0.39 is 17.8 Å². The SMILES string of the molecule is CCC1(CNC(=O)[C@@H]2CC=CC[C@@H]2C(=O)O)CC1. The lowest BCUT2D eigenvalue weighted by molar-refractivity contribution is -0.147. The van der Waals surface area contributed by atoms with Crippen LogP contribution in [-0.4, -0.2) is 23.5 Å². The van der Waals surface area contributed by atoms with Gasteiger partial charge in [0.15, 0.2) is 0 Å². The zero-order chi connectivity index (χ0) is 13.2. The van der Waals surface area contributed by atoms with Crippen LogP contribution in [-0.2, 0) is 9.59 Å². The highest BCUT2D eigenvalue weighted by molar-refractivity contribution is 5.85. The summed E-state index contributed by atoms with van der Waals surface area (Å²) >= 11 is 0. The molecule has 2 atom stereocenters. The predicted molar refractivity (Wildman–Crippen MR) is 68.0 cm³/mol. The first-order valence-corrected chi connectivity index (χ1v) is 6.73. The molecule has 2 aliphatic carbocycles. The van der Waals surface area contributed by atoms with Crippen LogP contribution in [0, 0.1) is 17.3 Å². The molecule has 1 saturated carbocycles. The standard InChI is InChI=1S/C14H21NO3/c1-2-14(7-8-14)9-15-12(16)10-5-3-4-6-11(10)13(17)18/h3-4,10-11H,2,5-9H2,1H3,(H,15,16)(H,17,18)/t10-,11+/m1/s1. The average Bonchev–Trinajstić information content (AvgIpc) is 3.16. The van der Waals surface area contributed by atoms with E-state index >= 15 is 0 Å². The number of nitrogens with one attached hydrogen (secondary N) is 1. The number of carbonyl (C=O) groups is 2. The Kier molecular flexibility index (Phi) is 3.73. The summed E-state index contributed by atoms with van der Waals surface area (Å²) in [5, 5.41) is 12.1. The van der Waals surface area contributed by atoms with E-state index in [1.54, 1.807) is 0 Å². The number of hydrogen-bond donors (Lipinski definition) is 2. The first kappa shape index (κ1) is 13.1. The summed E-state index contributed by atoms with van der Waals surface area (Å²) in [6.45, 7) is 2.84. The van der Waals surface area contributed by atoms with E-state index in [4.69, 9.17) is 5.11 Å². The third kappa shape index (κ3) is 2.74. The molecule has 2 rings (SSSR count). The molecule has 0 radical (unpaired) electrons. The lowest BCUT2D eigenvalue weighted by Crippen LogP contribution is -2.40. The van der Waals surface area contributed by atoms with Crippen LogP contribution in [0.25, 0.3) is 0 Å².